The molecule has 1 fully saturated rings. The number of nitrogens with one attached hydrogen (secondary N) is 1. The molecule has 18 heavy (non-hydrogen) atoms. The highest BCUT2D eigenvalue weighted by Gasteiger charge is 2.34. The predicted molar refractivity (Wildman–Crippen MR) is 76.5 cm³/mol. The number of hydrogen-bond donors (Lipinski definition) is 1. The summed E-state index contributed by atoms with van der Waals surface area (Å²) in [7, 11) is 1.93. The molecule has 1 aromatic carbocycles. The van der Waals surface area contributed by atoms with Crippen LogP contribution in [0.5, 0.6) is 0 Å². The molecule has 0 aromatic heterocycles. The van der Waals surface area contributed by atoms with Crippen LogP contribution in [0.4, 0.5) is 0 Å². The van der Waals surface area contributed by atoms with E-state index in [9.17, 15) is 4.79 Å². The summed E-state index contributed by atoms with van der Waals surface area (Å²) in [5.74, 6) is 0.276. The fourth-order valence-corrected chi connectivity index (χ4v) is 3.57. The Balaban J connectivity index is 0.00000120. The molecule has 3 nitrogen and oxygen atoms in total. The van der Waals surface area contributed by atoms with Crippen LogP contribution in [-0.4, -0.2) is 42.2 Å². The number of hydrogen-bond acceptors (Lipinski definition) is 3. The van der Waals surface area contributed by atoms with Crippen LogP contribution in [0.15, 0.2) is 29.2 Å². The van der Waals surface area contributed by atoms with Gasteiger partial charge in [0.1, 0.15) is 0 Å². The van der Waals surface area contributed by atoms with Crippen molar-refractivity contribution in [2.75, 3.05) is 20.1 Å². The maximum atomic E-state index is 12.3. The van der Waals surface area contributed by atoms with E-state index in [1.807, 2.05) is 24.1 Å². The summed E-state index contributed by atoms with van der Waals surface area (Å²) < 4.78 is 0. The van der Waals surface area contributed by atoms with Gasteiger partial charge in [0.2, 0.25) is 5.91 Å². The first-order chi connectivity index (χ1) is 8.25. The minimum absolute atomic E-state index is 0. The van der Waals surface area contributed by atoms with Crippen LogP contribution in [0.25, 0.3) is 0 Å². The van der Waals surface area contributed by atoms with Crippen LogP contribution in [0, 0.1) is 0 Å². The van der Waals surface area contributed by atoms with Gasteiger partial charge in [-0.3, -0.25) is 4.79 Å². The molecule has 1 amide bonds. The largest absolute Gasteiger partial charge is 0.339 e. The fourth-order valence-electron chi connectivity index (χ4n) is 2.27. The van der Waals surface area contributed by atoms with E-state index < -0.39 is 0 Å². The molecule has 98 valence electrons. The zero-order valence-electron chi connectivity index (χ0n) is 10.3. The number of halogens is 1. The van der Waals surface area contributed by atoms with E-state index in [4.69, 9.17) is 0 Å². The minimum Gasteiger partial charge on any atom is -0.339 e. The molecule has 1 aromatic rings. The van der Waals surface area contributed by atoms with Gasteiger partial charge in [0.05, 0.1) is 11.3 Å². The molecule has 2 heterocycles. The average Bonchev–Trinajstić information content (AvgIpc) is 2.68. The molecule has 0 bridgehead atoms. The van der Waals surface area contributed by atoms with Gasteiger partial charge in [0, 0.05) is 25.0 Å². The number of carbonyl (C=O) groups is 1. The Morgan fingerprint density at radius 3 is 2.72 bits per heavy atom. The Labute approximate surface area is 118 Å². The summed E-state index contributed by atoms with van der Waals surface area (Å²) in [4.78, 5) is 15.5. The van der Waals surface area contributed by atoms with Crippen molar-refractivity contribution < 1.29 is 4.79 Å². The number of benzene rings is 1. The Bertz CT molecular complexity index is 425. The Morgan fingerprint density at radius 2 is 2.11 bits per heavy atom. The van der Waals surface area contributed by atoms with Crippen molar-refractivity contribution in [2.45, 2.75) is 22.6 Å². The van der Waals surface area contributed by atoms with Crippen molar-refractivity contribution in [3.63, 3.8) is 0 Å². The molecule has 0 radical (unpaired) electrons. The van der Waals surface area contributed by atoms with Crippen molar-refractivity contribution in [1.29, 1.82) is 0 Å². The fraction of sp³-hybridized carbons (Fsp3) is 0.462. The molecule has 1 saturated heterocycles. The van der Waals surface area contributed by atoms with Crippen LogP contribution in [-0.2, 0) is 11.2 Å². The summed E-state index contributed by atoms with van der Waals surface area (Å²) in [6.07, 6.45) is 0.879. The summed E-state index contributed by atoms with van der Waals surface area (Å²) in [6.45, 7) is 1.87. The van der Waals surface area contributed by atoms with Gasteiger partial charge in [-0.2, -0.15) is 0 Å². The smallest absolute Gasteiger partial charge is 0.236 e. The summed E-state index contributed by atoms with van der Waals surface area (Å²) in [6, 6.07) is 8.72. The third-order valence-corrected chi connectivity index (χ3v) is 4.88. The number of likely N-dealkylation sites (N-methyl/N-ethyl adjacent to an activating group) is 1. The number of fused-ring (bicyclic) bond motifs is 1. The van der Waals surface area contributed by atoms with Gasteiger partial charge in [-0.25, -0.2) is 0 Å². The molecular weight excluding hydrogens is 268 g/mol. The average molecular weight is 285 g/mol. The third-order valence-electron chi connectivity index (χ3n) is 3.58. The maximum absolute atomic E-state index is 12.3. The number of carbonyl (C=O) groups excluding carboxylic acids is 1. The van der Waals surface area contributed by atoms with Crippen LogP contribution in [0.1, 0.15) is 5.56 Å². The van der Waals surface area contributed by atoms with E-state index in [-0.39, 0.29) is 23.6 Å². The lowest BCUT2D eigenvalue weighted by atomic mass is 10.1. The van der Waals surface area contributed by atoms with Gasteiger partial charge in [0.25, 0.3) is 0 Å². The molecule has 1 unspecified atom stereocenters. The highest BCUT2D eigenvalue weighted by atomic mass is 35.5. The first-order valence-electron chi connectivity index (χ1n) is 5.97. The van der Waals surface area contributed by atoms with E-state index in [2.05, 4.69) is 17.4 Å². The first-order valence-corrected chi connectivity index (χ1v) is 6.85. The zero-order valence-corrected chi connectivity index (χ0v) is 11.9. The molecule has 0 aliphatic carbocycles. The van der Waals surface area contributed by atoms with Crippen molar-refractivity contribution >= 4 is 30.1 Å². The highest BCUT2D eigenvalue weighted by Crippen LogP contribution is 2.37. The molecule has 3 rings (SSSR count). The zero-order chi connectivity index (χ0) is 11.8. The summed E-state index contributed by atoms with van der Waals surface area (Å²) in [5.41, 5.74) is 1.32. The quantitative estimate of drug-likeness (QED) is 0.894. The predicted octanol–water partition coefficient (Wildman–Crippen LogP) is 1.56. The highest BCUT2D eigenvalue weighted by molar-refractivity contribution is 8.01. The monoisotopic (exact) mass is 284 g/mol. The molecular formula is C13H17ClN2OS. The first kappa shape index (κ1) is 13.7. The maximum Gasteiger partial charge on any atom is 0.236 e. The third kappa shape index (κ3) is 2.37. The second-order valence-corrected chi connectivity index (χ2v) is 5.92. The topological polar surface area (TPSA) is 32.3 Å². The van der Waals surface area contributed by atoms with Gasteiger partial charge in [0.15, 0.2) is 0 Å². The summed E-state index contributed by atoms with van der Waals surface area (Å²) in [5, 5.41) is 3.29. The van der Waals surface area contributed by atoms with Crippen LogP contribution >= 0.6 is 24.2 Å². The van der Waals surface area contributed by atoms with E-state index in [1.54, 1.807) is 11.8 Å². The van der Waals surface area contributed by atoms with Gasteiger partial charge < -0.3 is 10.2 Å². The Morgan fingerprint density at radius 1 is 1.39 bits per heavy atom. The number of amides is 1. The van der Waals surface area contributed by atoms with Crippen molar-refractivity contribution in [3.8, 4) is 0 Å². The van der Waals surface area contributed by atoms with Crippen LogP contribution in [0.3, 0.4) is 0 Å². The molecule has 2 aliphatic rings. The van der Waals surface area contributed by atoms with Gasteiger partial charge >= 0.3 is 0 Å². The van der Waals surface area contributed by atoms with Gasteiger partial charge in [-0.05, 0) is 18.1 Å². The van der Waals surface area contributed by atoms with Gasteiger partial charge in [-0.15, -0.1) is 24.2 Å². The number of nitrogens with zero attached hydrogens (tertiary/aromatic N) is 1. The Kier molecular flexibility index (Phi) is 4.20. The molecule has 1 atom stereocenters. The lowest BCUT2D eigenvalue weighted by Crippen LogP contribution is -2.58. The van der Waals surface area contributed by atoms with E-state index in [0.29, 0.717) is 6.04 Å². The number of thioether (sulfide) groups is 1. The summed E-state index contributed by atoms with van der Waals surface area (Å²) >= 11 is 1.71. The standard InChI is InChI=1S/C13H16N2OS.ClH/c1-15(10-7-14-8-10)13(16)12-6-9-4-2-3-5-11(9)17-12;/h2-5,10,12,14H,6-8H2,1H3;1H. The van der Waals surface area contributed by atoms with Crippen LogP contribution < -0.4 is 5.32 Å². The van der Waals surface area contributed by atoms with Crippen molar-refractivity contribution in [2.24, 2.45) is 0 Å². The lowest BCUT2D eigenvalue weighted by molar-refractivity contribution is -0.132. The second-order valence-electron chi connectivity index (χ2n) is 4.68. The van der Waals surface area contributed by atoms with Crippen molar-refractivity contribution in [1.82, 2.24) is 10.2 Å². The molecule has 1 N–H and O–H groups in total. The van der Waals surface area contributed by atoms with Crippen molar-refractivity contribution in [3.05, 3.63) is 29.8 Å². The second kappa shape index (κ2) is 5.51. The molecule has 0 saturated carbocycles. The SMILES string of the molecule is CN(C(=O)C1Cc2ccccc2S1)C1CNC1.Cl. The number of rotatable bonds is 2. The Hall–Kier alpha value is -0.710. The minimum atomic E-state index is 0. The lowest BCUT2D eigenvalue weighted by Gasteiger charge is -2.36. The molecule has 0 spiro atoms. The van der Waals surface area contributed by atoms with Gasteiger partial charge in [-0.1, -0.05) is 18.2 Å². The normalized spacial score (nSPS) is 21.7. The van der Waals surface area contributed by atoms with Crippen LogP contribution in [0.2, 0.25) is 0 Å². The molecule has 2 aliphatic heterocycles. The van der Waals surface area contributed by atoms with E-state index in [0.717, 1.165) is 19.5 Å². The molecule has 5 heteroatoms. The van der Waals surface area contributed by atoms with E-state index in [1.165, 1.54) is 10.5 Å². The van der Waals surface area contributed by atoms with E-state index >= 15 is 0 Å².